The zero-order chi connectivity index (χ0) is 24.2. The van der Waals surface area contributed by atoms with Gasteiger partial charge in [0.1, 0.15) is 11.6 Å². The van der Waals surface area contributed by atoms with Crippen molar-refractivity contribution < 1.29 is 9.59 Å². The highest BCUT2D eigenvalue weighted by molar-refractivity contribution is 5.78. The summed E-state index contributed by atoms with van der Waals surface area (Å²) >= 11 is 0. The van der Waals surface area contributed by atoms with Gasteiger partial charge in [-0.15, -0.1) is 0 Å². The SMILES string of the molecule is CCCCCCCCCCCC(=O)CCCNCCCC(=O)CCCCCCCCCCC. The molecule has 0 rings (SSSR count). The zero-order valence-electron chi connectivity index (χ0n) is 22.7. The van der Waals surface area contributed by atoms with Crippen LogP contribution in [0.3, 0.4) is 0 Å². The van der Waals surface area contributed by atoms with E-state index >= 15 is 0 Å². The Morgan fingerprint density at radius 2 is 0.667 bits per heavy atom. The summed E-state index contributed by atoms with van der Waals surface area (Å²) in [5.41, 5.74) is 0. The molecule has 0 heterocycles. The molecule has 0 radical (unpaired) electrons. The largest absolute Gasteiger partial charge is 0.317 e. The van der Waals surface area contributed by atoms with Gasteiger partial charge < -0.3 is 5.32 Å². The highest BCUT2D eigenvalue weighted by atomic mass is 16.1. The summed E-state index contributed by atoms with van der Waals surface area (Å²) in [5.74, 6) is 0.853. The molecule has 3 heteroatoms. The van der Waals surface area contributed by atoms with Crippen molar-refractivity contribution in [2.24, 2.45) is 0 Å². The summed E-state index contributed by atoms with van der Waals surface area (Å²) in [4.78, 5) is 24.0. The third kappa shape index (κ3) is 27.4. The van der Waals surface area contributed by atoms with E-state index in [1.165, 1.54) is 103 Å². The van der Waals surface area contributed by atoms with Crippen molar-refractivity contribution in [3.63, 3.8) is 0 Å². The second-order valence-electron chi connectivity index (χ2n) is 10.2. The molecule has 0 spiro atoms. The van der Waals surface area contributed by atoms with Gasteiger partial charge in [0.05, 0.1) is 0 Å². The summed E-state index contributed by atoms with van der Waals surface area (Å²) in [5, 5.41) is 3.40. The normalized spacial score (nSPS) is 11.2. The minimum absolute atomic E-state index is 0.427. The number of nitrogens with one attached hydrogen (secondary N) is 1. The number of ketones is 2. The van der Waals surface area contributed by atoms with E-state index in [1.54, 1.807) is 0 Å². The molecule has 0 aromatic rings. The molecule has 0 unspecified atom stereocenters. The molecule has 0 amide bonds. The Morgan fingerprint density at radius 3 is 1.00 bits per heavy atom. The molecule has 0 aromatic heterocycles. The first kappa shape index (κ1) is 32.3. The van der Waals surface area contributed by atoms with E-state index in [0.29, 0.717) is 24.4 Å². The summed E-state index contributed by atoms with van der Waals surface area (Å²) in [6, 6.07) is 0. The lowest BCUT2D eigenvalue weighted by Crippen LogP contribution is -2.18. The molecular weight excluding hydrogens is 406 g/mol. The molecule has 0 aromatic carbocycles. The van der Waals surface area contributed by atoms with E-state index in [2.05, 4.69) is 19.2 Å². The minimum atomic E-state index is 0.427. The Bertz CT molecular complexity index is 384. The Kier molecular flexibility index (Phi) is 27.0. The van der Waals surface area contributed by atoms with E-state index in [-0.39, 0.29) is 0 Å². The van der Waals surface area contributed by atoms with Crippen molar-refractivity contribution in [2.75, 3.05) is 13.1 Å². The van der Waals surface area contributed by atoms with Crippen LogP contribution in [0.15, 0.2) is 0 Å². The zero-order valence-corrected chi connectivity index (χ0v) is 22.7. The van der Waals surface area contributed by atoms with Crippen LogP contribution in [0.5, 0.6) is 0 Å². The van der Waals surface area contributed by atoms with Crippen molar-refractivity contribution >= 4 is 11.6 Å². The molecule has 0 bridgehead atoms. The molecule has 3 nitrogen and oxygen atoms in total. The van der Waals surface area contributed by atoms with Crippen LogP contribution in [-0.2, 0) is 9.59 Å². The van der Waals surface area contributed by atoms with Gasteiger partial charge in [0, 0.05) is 25.7 Å². The number of Topliss-reactive ketones (excluding diaryl/α,β-unsaturated/α-hetero) is 2. The molecule has 196 valence electrons. The average molecular weight is 466 g/mol. The first-order valence-electron chi connectivity index (χ1n) is 14.9. The average Bonchev–Trinajstić information content (AvgIpc) is 2.81. The lowest BCUT2D eigenvalue weighted by molar-refractivity contribution is -0.120. The second kappa shape index (κ2) is 27.5. The molecule has 0 atom stereocenters. The number of carbonyl (C=O) groups excluding carboxylic acids is 2. The summed E-state index contributed by atoms with van der Waals surface area (Å²) < 4.78 is 0. The van der Waals surface area contributed by atoms with E-state index in [4.69, 9.17) is 0 Å². The van der Waals surface area contributed by atoms with Crippen LogP contribution in [-0.4, -0.2) is 24.7 Å². The third-order valence-electron chi connectivity index (χ3n) is 6.74. The lowest BCUT2D eigenvalue weighted by atomic mass is 10.0. The van der Waals surface area contributed by atoms with Gasteiger partial charge in [0.25, 0.3) is 0 Å². The number of carbonyl (C=O) groups is 2. The molecule has 0 aliphatic rings. The third-order valence-corrected chi connectivity index (χ3v) is 6.74. The van der Waals surface area contributed by atoms with Crippen LogP contribution in [0.2, 0.25) is 0 Å². The van der Waals surface area contributed by atoms with Gasteiger partial charge in [-0.3, -0.25) is 9.59 Å². The molecule has 33 heavy (non-hydrogen) atoms. The Balaban J connectivity index is 3.26. The molecule has 0 saturated heterocycles. The fourth-order valence-corrected chi connectivity index (χ4v) is 4.46. The number of rotatable bonds is 28. The predicted octanol–water partition coefficient (Wildman–Crippen LogP) is 9.12. The standard InChI is InChI=1S/C30H59NO2/c1-3-5-7-9-11-13-15-17-19-23-29(32)25-21-27-31-28-22-26-30(33)24-20-18-16-14-12-10-8-6-4-2/h31H,3-28H2,1-2H3. The summed E-state index contributed by atoms with van der Waals surface area (Å²) in [7, 11) is 0. The maximum atomic E-state index is 12.0. The lowest BCUT2D eigenvalue weighted by Gasteiger charge is -2.05. The molecule has 0 saturated carbocycles. The van der Waals surface area contributed by atoms with E-state index < -0.39 is 0 Å². The van der Waals surface area contributed by atoms with Crippen molar-refractivity contribution in [1.29, 1.82) is 0 Å². The monoisotopic (exact) mass is 465 g/mol. The number of unbranched alkanes of at least 4 members (excludes halogenated alkanes) is 16. The topological polar surface area (TPSA) is 46.2 Å². The van der Waals surface area contributed by atoms with Gasteiger partial charge in [-0.25, -0.2) is 0 Å². The van der Waals surface area contributed by atoms with Crippen LogP contribution < -0.4 is 5.32 Å². The summed E-state index contributed by atoms with van der Waals surface area (Å²) in [6.07, 6.45) is 28.3. The molecule has 1 N–H and O–H groups in total. The van der Waals surface area contributed by atoms with Gasteiger partial charge in [0.15, 0.2) is 0 Å². The maximum Gasteiger partial charge on any atom is 0.132 e. The van der Waals surface area contributed by atoms with E-state index in [0.717, 1.165) is 51.6 Å². The van der Waals surface area contributed by atoms with Crippen LogP contribution in [0, 0.1) is 0 Å². The van der Waals surface area contributed by atoms with Crippen LogP contribution in [0.4, 0.5) is 0 Å². The molecular formula is C30H59NO2. The van der Waals surface area contributed by atoms with E-state index in [1.807, 2.05) is 0 Å². The number of hydrogen-bond acceptors (Lipinski definition) is 3. The van der Waals surface area contributed by atoms with Gasteiger partial charge in [-0.2, -0.15) is 0 Å². The first-order chi connectivity index (χ1) is 16.2. The second-order valence-corrected chi connectivity index (χ2v) is 10.2. The van der Waals surface area contributed by atoms with Crippen molar-refractivity contribution in [2.45, 2.75) is 168 Å². The number of hydrogen-bond donors (Lipinski definition) is 1. The van der Waals surface area contributed by atoms with Crippen LogP contribution >= 0.6 is 0 Å². The predicted molar refractivity (Wildman–Crippen MR) is 145 cm³/mol. The quantitative estimate of drug-likeness (QED) is 0.117. The molecule has 0 aliphatic carbocycles. The van der Waals surface area contributed by atoms with Gasteiger partial charge >= 0.3 is 0 Å². The van der Waals surface area contributed by atoms with Crippen LogP contribution in [0.25, 0.3) is 0 Å². The van der Waals surface area contributed by atoms with Gasteiger partial charge in [0.2, 0.25) is 0 Å². The van der Waals surface area contributed by atoms with Crippen LogP contribution in [0.1, 0.15) is 168 Å². The minimum Gasteiger partial charge on any atom is -0.317 e. The van der Waals surface area contributed by atoms with Gasteiger partial charge in [-0.1, -0.05) is 117 Å². The summed E-state index contributed by atoms with van der Waals surface area (Å²) in [6.45, 7) is 6.32. The highest BCUT2D eigenvalue weighted by Gasteiger charge is 2.03. The van der Waals surface area contributed by atoms with Crippen molar-refractivity contribution in [1.82, 2.24) is 5.32 Å². The highest BCUT2D eigenvalue weighted by Crippen LogP contribution is 2.12. The Labute approximate surface area is 207 Å². The van der Waals surface area contributed by atoms with Crippen molar-refractivity contribution in [3.05, 3.63) is 0 Å². The smallest absolute Gasteiger partial charge is 0.132 e. The Morgan fingerprint density at radius 1 is 0.394 bits per heavy atom. The maximum absolute atomic E-state index is 12.0. The fourth-order valence-electron chi connectivity index (χ4n) is 4.46. The molecule has 0 fully saturated rings. The van der Waals surface area contributed by atoms with E-state index in [9.17, 15) is 9.59 Å². The Hall–Kier alpha value is -0.700. The first-order valence-corrected chi connectivity index (χ1v) is 14.9. The van der Waals surface area contributed by atoms with Gasteiger partial charge in [-0.05, 0) is 38.8 Å². The fraction of sp³-hybridized carbons (Fsp3) is 0.933. The van der Waals surface area contributed by atoms with Crippen molar-refractivity contribution in [3.8, 4) is 0 Å². The molecule has 0 aliphatic heterocycles.